The van der Waals surface area contributed by atoms with Gasteiger partial charge in [0, 0.05) is 32.5 Å². The van der Waals surface area contributed by atoms with Crippen LogP contribution in [-0.4, -0.2) is 55.8 Å². The molecule has 0 bridgehead atoms. The molecule has 1 fully saturated rings. The highest BCUT2D eigenvalue weighted by Gasteiger charge is 2.47. The zero-order valence-electron chi connectivity index (χ0n) is 14.0. The molecule has 2 rings (SSSR count). The van der Waals surface area contributed by atoms with Gasteiger partial charge in [0.05, 0.1) is 18.5 Å². The van der Waals surface area contributed by atoms with Crippen LogP contribution >= 0.6 is 0 Å². The van der Waals surface area contributed by atoms with Crippen molar-refractivity contribution in [2.45, 2.75) is 44.9 Å². The van der Waals surface area contributed by atoms with E-state index in [1.807, 2.05) is 17.8 Å². The summed E-state index contributed by atoms with van der Waals surface area (Å²) in [6.45, 7) is 6.45. The molecule has 1 amide bonds. The van der Waals surface area contributed by atoms with Gasteiger partial charge in [0.1, 0.15) is 11.4 Å². The third-order valence-corrected chi connectivity index (χ3v) is 3.67. The lowest BCUT2D eigenvalue weighted by Crippen LogP contribution is -2.71. The number of likely N-dealkylation sites (tertiary alicyclic amines) is 1. The Hall–Kier alpha value is -2.09. The van der Waals surface area contributed by atoms with Gasteiger partial charge in [0.15, 0.2) is 0 Å². The van der Waals surface area contributed by atoms with E-state index in [2.05, 4.69) is 10.3 Å². The Kier molecular flexibility index (Phi) is 4.65. The molecule has 1 aliphatic rings. The first-order valence-corrected chi connectivity index (χ1v) is 7.51. The molecule has 8 nitrogen and oxygen atoms in total. The van der Waals surface area contributed by atoms with E-state index in [1.165, 1.54) is 4.90 Å². The first-order chi connectivity index (χ1) is 10.6. The molecule has 2 heterocycles. The van der Waals surface area contributed by atoms with Gasteiger partial charge in [-0.25, -0.2) is 9.78 Å². The van der Waals surface area contributed by atoms with Gasteiger partial charge in [-0.2, -0.15) is 0 Å². The number of carboxylic acids is 1. The minimum atomic E-state index is -0.902. The quantitative estimate of drug-likeness (QED) is 0.838. The number of ether oxygens (including phenoxy) is 1. The molecule has 128 valence electrons. The maximum Gasteiger partial charge on any atom is 0.410 e. The molecule has 1 aromatic heterocycles. The molecule has 1 aromatic rings. The fourth-order valence-electron chi connectivity index (χ4n) is 2.55. The Labute approximate surface area is 135 Å². The van der Waals surface area contributed by atoms with E-state index >= 15 is 0 Å². The van der Waals surface area contributed by atoms with Crippen LogP contribution in [0, 0.1) is 0 Å². The van der Waals surface area contributed by atoms with E-state index in [1.54, 1.807) is 27.0 Å². The molecule has 0 radical (unpaired) electrons. The molecular weight excluding hydrogens is 300 g/mol. The standard InChI is InChI=1S/C15H24N4O4/c1-14(2,3)23-13(22)19-9-15(10-19,7-12(20)21)17-8-11-16-5-6-18(11)4/h5-6,17H,7-10H2,1-4H3,(H,20,21). The van der Waals surface area contributed by atoms with Crippen molar-refractivity contribution in [1.29, 1.82) is 0 Å². The van der Waals surface area contributed by atoms with E-state index in [4.69, 9.17) is 9.84 Å². The largest absolute Gasteiger partial charge is 0.481 e. The summed E-state index contributed by atoms with van der Waals surface area (Å²) in [5.41, 5.74) is -1.21. The number of nitrogens with zero attached hydrogens (tertiary/aromatic N) is 3. The normalized spacial score (nSPS) is 16.8. The molecule has 1 aliphatic heterocycles. The van der Waals surface area contributed by atoms with Crippen molar-refractivity contribution in [1.82, 2.24) is 19.8 Å². The molecule has 23 heavy (non-hydrogen) atoms. The highest BCUT2D eigenvalue weighted by molar-refractivity contribution is 5.73. The number of carboxylic acid groups (broad SMARTS) is 1. The predicted octanol–water partition coefficient (Wildman–Crippen LogP) is 0.974. The van der Waals surface area contributed by atoms with Crippen molar-refractivity contribution in [2.24, 2.45) is 7.05 Å². The third-order valence-electron chi connectivity index (χ3n) is 3.67. The summed E-state index contributed by atoms with van der Waals surface area (Å²) in [6.07, 6.45) is 3.04. The summed E-state index contributed by atoms with van der Waals surface area (Å²) >= 11 is 0. The average Bonchev–Trinajstić information content (AvgIpc) is 2.74. The Balaban J connectivity index is 1.96. The maximum absolute atomic E-state index is 12.0. The molecule has 0 atom stereocenters. The fourth-order valence-corrected chi connectivity index (χ4v) is 2.55. The summed E-state index contributed by atoms with van der Waals surface area (Å²) in [4.78, 5) is 28.9. The number of hydrogen-bond acceptors (Lipinski definition) is 5. The second-order valence-electron chi connectivity index (χ2n) is 7.00. The first kappa shape index (κ1) is 17.3. The number of aliphatic carboxylic acids is 1. The molecule has 2 N–H and O–H groups in total. The number of hydrogen-bond donors (Lipinski definition) is 2. The van der Waals surface area contributed by atoms with Crippen LogP contribution < -0.4 is 5.32 Å². The number of imidazole rings is 1. The van der Waals surface area contributed by atoms with Crippen molar-refractivity contribution in [3.8, 4) is 0 Å². The Bertz CT molecular complexity index is 585. The number of aryl methyl sites for hydroxylation is 1. The summed E-state index contributed by atoms with van der Waals surface area (Å²) in [5, 5.41) is 12.4. The summed E-state index contributed by atoms with van der Waals surface area (Å²) in [7, 11) is 1.88. The van der Waals surface area contributed by atoms with Crippen molar-refractivity contribution >= 4 is 12.1 Å². The van der Waals surface area contributed by atoms with Gasteiger partial charge in [-0.05, 0) is 20.8 Å². The summed E-state index contributed by atoms with van der Waals surface area (Å²) in [5.74, 6) is -0.0911. The molecule has 0 aliphatic carbocycles. The lowest BCUT2D eigenvalue weighted by molar-refractivity contribution is -0.141. The minimum Gasteiger partial charge on any atom is -0.481 e. The van der Waals surface area contributed by atoms with Crippen LogP contribution in [0.1, 0.15) is 33.0 Å². The van der Waals surface area contributed by atoms with Crippen molar-refractivity contribution in [2.75, 3.05) is 13.1 Å². The zero-order valence-corrected chi connectivity index (χ0v) is 14.0. The minimum absolute atomic E-state index is 0.0588. The van der Waals surface area contributed by atoms with Crippen molar-refractivity contribution in [3.63, 3.8) is 0 Å². The maximum atomic E-state index is 12.0. The number of carbonyl (C=O) groups excluding carboxylic acids is 1. The molecule has 8 heteroatoms. The SMILES string of the molecule is Cn1ccnc1CNC1(CC(=O)O)CN(C(=O)OC(C)(C)C)C1. The van der Waals surface area contributed by atoms with Gasteiger partial charge in [-0.1, -0.05) is 0 Å². The topological polar surface area (TPSA) is 96.7 Å². The van der Waals surface area contributed by atoms with Crippen molar-refractivity contribution in [3.05, 3.63) is 18.2 Å². The molecule has 1 saturated heterocycles. The van der Waals surface area contributed by atoms with Gasteiger partial charge in [0.2, 0.25) is 0 Å². The van der Waals surface area contributed by atoms with Crippen LogP contribution in [0.5, 0.6) is 0 Å². The molecular formula is C15H24N4O4. The smallest absolute Gasteiger partial charge is 0.410 e. The van der Waals surface area contributed by atoms with E-state index in [0.717, 1.165) is 5.82 Å². The molecule has 0 spiro atoms. The zero-order chi connectivity index (χ0) is 17.3. The first-order valence-electron chi connectivity index (χ1n) is 7.51. The Morgan fingerprint density at radius 2 is 2.09 bits per heavy atom. The van der Waals surface area contributed by atoms with Crippen LogP contribution in [0.3, 0.4) is 0 Å². The van der Waals surface area contributed by atoms with E-state index in [0.29, 0.717) is 19.6 Å². The lowest BCUT2D eigenvalue weighted by Gasteiger charge is -2.49. The van der Waals surface area contributed by atoms with E-state index in [-0.39, 0.29) is 6.42 Å². The summed E-state index contributed by atoms with van der Waals surface area (Å²) < 4.78 is 7.17. The molecule has 0 saturated carbocycles. The second-order valence-corrected chi connectivity index (χ2v) is 7.00. The van der Waals surface area contributed by atoms with Gasteiger partial charge in [-0.15, -0.1) is 0 Å². The van der Waals surface area contributed by atoms with Crippen LogP contribution in [0.2, 0.25) is 0 Å². The van der Waals surface area contributed by atoms with Crippen molar-refractivity contribution < 1.29 is 19.4 Å². The number of nitrogens with one attached hydrogen (secondary N) is 1. The highest BCUT2D eigenvalue weighted by Crippen LogP contribution is 2.27. The number of rotatable bonds is 5. The predicted molar refractivity (Wildman–Crippen MR) is 82.8 cm³/mol. The number of carbonyl (C=O) groups is 2. The fraction of sp³-hybridized carbons (Fsp3) is 0.667. The van der Waals surface area contributed by atoms with Crippen LogP contribution in [-0.2, 0) is 23.1 Å². The monoisotopic (exact) mass is 324 g/mol. The summed E-state index contributed by atoms with van der Waals surface area (Å²) in [6, 6.07) is 0. The van der Waals surface area contributed by atoms with Crippen LogP contribution in [0.15, 0.2) is 12.4 Å². The van der Waals surface area contributed by atoms with Gasteiger partial charge >= 0.3 is 12.1 Å². The lowest BCUT2D eigenvalue weighted by atomic mass is 9.86. The van der Waals surface area contributed by atoms with Gasteiger partial charge in [0.25, 0.3) is 0 Å². The number of amides is 1. The Morgan fingerprint density at radius 3 is 2.57 bits per heavy atom. The highest BCUT2D eigenvalue weighted by atomic mass is 16.6. The van der Waals surface area contributed by atoms with E-state index in [9.17, 15) is 9.59 Å². The average molecular weight is 324 g/mol. The molecule has 0 aromatic carbocycles. The second kappa shape index (κ2) is 6.19. The number of aromatic nitrogens is 2. The van der Waals surface area contributed by atoms with Crippen LogP contribution in [0.4, 0.5) is 4.79 Å². The molecule has 0 unspecified atom stereocenters. The Morgan fingerprint density at radius 1 is 1.43 bits per heavy atom. The van der Waals surface area contributed by atoms with Crippen LogP contribution in [0.25, 0.3) is 0 Å². The van der Waals surface area contributed by atoms with Gasteiger partial charge in [-0.3, -0.25) is 4.79 Å². The van der Waals surface area contributed by atoms with Gasteiger partial charge < -0.3 is 24.6 Å². The van der Waals surface area contributed by atoms with E-state index < -0.39 is 23.2 Å². The third kappa shape index (κ3) is 4.44.